The molecule has 1 N–H and O–H groups in total. The lowest BCUT2D eigenvalue weighted by Crippen LogP contribution is -2.12. The second-order valence-electron chi connectivity index (χ2n) is 5.59. The summed E-state index contributed by atoms with van der Waals surface area (Å²) in [6.45, 7) is 2.14. The summed E-state index contributed by atoms with van der Waals surface area (Å²) in [5, 5.41) is 3.24. The van der Waals surface area contributed by atoms with E-state index in [1.165, 1.54) is 36.0 Å². The zero-order valence-electron chi connectivity index (χ0n) is 12.4. The van der Waals surface area contributed by atoms with Crippen molar-refractivity contribution >= 4 is 15.9 Å². The van der Waals surface area contributed by atoms with Crippen LogP contribution in [0.15, 0.2) is 40.9 Å². The molecular formula is C18H20BrNO. The van der Waals surface area contributed by atoms with E-state index >= 15 is 0 Å². The van der Waals surface area contributed by atoms with E-state index in [9.17, 15) is 0 Å². The van der Waals surface area contributed by atoms with E-state index < -0.39 is 0 Å². The van der Waals surface area contributed by atoms with Gasteiger partial charge in [-0.3, -0.25) is 0 Å². The first-order valence-electron chi connectivity index (χ1n) is 7.44. The number of fused-ring (bicyclic) bond motifs is 1. The molecule has 2 aromatic rings. The van der Waals surface area contributed by atoms with Gasteiger partial charge in [-0.25, -0.2) is 0 Å². The van der Waals surface area contributed by atoms with E-state index in [0.29, 0.717) is 6.04 Å². The van der Waals surface area contributed by atoms with E-state index in [0.717, 1.165) is 16.0 Å². The van der Waals surface area contributed by atoms with Gasteiger partial charge in [-0.2, -0.15) is 0 Å². The van der Waals surface area contributed by atoms with Gasteiger partial charge in [0.05, 0.1) is 4.47 Å². The van der Waals surface area contributed by atoms with E-state index in [2.05, 4.69) is 58.5 Å². The third kappa shape index (κ3) is 3.14. The molecule has 2 nitrogen and oxygen atoms in total. The molecule has 3 rings (SSSR count). The third-order valence-corrected chi connectivity index (χ3v) is 4.81. The van der Waals surface area contributed by atoms with Crippen molar-refractivity contribution in [1.82, 2.24) is 5.32 Å². The van der Waals surface area contributed by atoms with Crippen molar-refractivity contribution in [3.05, 3.63) is 57.6 Å². The highest BCUT2D eigenvalue weighted by atomic mass is 79.9. The molecule has 0 saturated carbocycles. The number of rotatable bonds is 4. The number of halogens is 1. The lowest BCUT2D eigenvalue weighted by molar-refractivity contribution is 0.478. The van der Waals surface area contributed by atoms with Crippen LogP contribution in [-0.4, -0.2) is 7.05 Å². The Morgan fingerprint density at radius 3 is 2.67 bits per heavy atom. The first-order chi connectivity index (χ1) is 10.2. The fourth-order valence-electron chi connectivity index (χ4n) is 2.77. The lowest BCUT2D eigenvalue weighted by atomic mass is 10.1. The minimum absolute atomic E-state index is 0.329. The van der Waals surface area contributed by atoms with Crippen LogP contribution in [0.4, 0.5) is 0 Å². The molecule has 1 unspecified atom stereocenters. The third-order valence-electron chi connectivity index (χ3n) is 4.19. The summed E-state index contributed by atoms with van der Waals surface area (Å²) >= 11 is 3.61. The number of benzene rings is 2. The monoisotopic (exact) mass is 345 g/mol. The first kappa shape index (κ1) is 14.6. The van der Waals surface area contributed by atoms with Gasteiger partial charge in [0.2, 0.25) is 0 Å². The molecule has 1 aliphatic carbocycles. The largest absolute Gasteiger partial charge is 0.456 e. The summed E-state index contributed by atoms with van der Waals surface area (Å²) in [5.74, 6) is 1.78. The molecule has 0 bridgehead atoms. The Labute approximate surface area is 134 Å². The second-order valence-corrected chi connectivity index (χ2v) is 6.44. The van der Waals surface area contributed by atoms with E-state index in [1.807, 2.05) is 13.1 Å². The number of hydrogen-bond donors (Lipinski definition) is 1. The quantitative estimate of drug-likeness (QED) is 0.840. The van der Waals surface area contributed by atoms with E-state index in [-0.39, 0.29) is 0 Å². The number of nitrogens with one attached hydrogen (secondary N) is 1. The fraction of sp³-hybridized carbons (Fsp3) is 0.333. The number of ether oxygens (including phenoxy) is 1. The maximum atomic E-state index is 6.04. The summed E-state index contributed by atoms with van der Waals surface area (Å²) in [4.78, 5) is 0. The maximum Gasteiger partial charge on any atom is 0.141 e. The van der Waals surface area contributed by atoms with Crippen LogP contribution in [0.1, 0.15) is 36.1 Å². The van der Waals surface area contributed by atoms with Crippen molar-refractivity contribution in [2.24, 2.45) is 0 Å². The van der Waals surface area contributed by atoms with Gasteiger partial charge in [0.15, 0.2) is 0 Å². The average molecular weight is 346 g/mol. The standard InChI is InChI=1S/C18H20BrNO/c1-12(20-2)14-7-9-18(17(19)11-14)21-16-8-6-13-4-3-5-15(13)10-16/h6-12,20H,3-5H2,1-2H3. The highest BCUT2D eigenvalue weighted by molar-refractivity contribution is 9.10. The highest BCUT2D eigenvalue weighted by Crippen LogP contribution is 2.34. The normalized spacial score (nSPS) is 14.8. The Balaban J connectivity index is 1.81. The summed E-state index contributed by atoms with van der Waals surface area (Å²) < 4.78 is 7.02. The van der Waals surface area contributed by atoms with Crippen LogP contribution in [0.5, 0.6) is 11.5 Å². The molecule has 3 heteroatoms. The van der Waals surface area contributed by atoms with Gasteiger partial charge < -0.3 is 10.1 Å². The predicted octanol–water partition coefficient (Wildman–Crippen LogP) is 5.01. The second kappa shape index (κ2) is 6.20. The minimum Gasteiger partial charge on any atom is -0.456 e. The summed E-state index contributed by atoms with van der Waals surface area (Å²) in [6.07, 6.45) is 3.64. The number of hydrogen-bond acceptors (Lipinski definition) is 2. The first-order valence-corrected chi connectivity index (χ1v) is 8.23. The molecule has 21 heavy (non-hydrogen) atoms. The van der Waals surface area contributed by atoms with Crippen LogP contribution >= 0.6 is 15.9 Å². The smallest absolute Gasteiger partial charge is 0.141 e. The Kier molecular flexibility index (Phi) is 4.32. The van der Waals surface area contributed by atoms with Crippen molar-refractivity contribution in [1.29, 1.82) is 0 Å². The predicted molar refractivity (Wildman–Crippen MR) is 90.2 cm³/mol. The van der Waals surface area contributed by atoms with Gasteiger partial charge in [-0.15, -0.1) is 0 Å². The fourth-order valence-corrected chi connectivity index (χ4v) is 3.25. The highest BCUT2D eigenvalue weighted by Gasteiger charge is 2.13. The van der Waals surface area contributed by atoms with Crippen molar-refractivity contribution in [3.8, 4) is 11.5 Å². The van der Waals surface area contributed by atoms with E-state index in [4.69, 9.17) is 4.74 Å². The zero-order valence-corrected chi connectivity index (χ0v) is 14.0. The van der Waals surface area contributed by atoms with Crippen molar-refractivity contribution in [3.63, 3.8) is 0 Å². The molecule has 0 spiro atoms. The Morgan fingerprint density at radius 2 is 1.90 bits per heavy atom. The molecule has 1 atom stereocenters. The molecule has 0 aliphatic heterocycles. The molecule has 0 fully saturated rings. The Hall–Kier alpha value is -1.32. The van der Waals surface area contributed by atoms with Gasteiger partial charge in [-0.05, 0) is 90.1 Å². The van der Waals surface area contributed by atoms with Crippen molar-refractivity contribution in [2.75, 3.05) is 7.05 Å². The Bertz CT molecular complexity index is 654. The summed E-state index contributed by atoms with van der Waals surface area (Å²) in [6, 6.07) is 13.0. The van der Waals surface area contributed by atoms with Crippen LogP contribution in [0.25, 0.3) is 0 Å². The molecule has 1 aliphatic rings. The minimum atomic E-state index is 0.329. The zero-order chi connectivity index (χ0) is 14.8. The van der Waals surface area contributed by atoms with E-state index in [1.54, 1.807) is 0 Å². The molecule has 2 aromatic carbocycles. The van der Waals surface area contributed by atoms with Crippen LogP contribution < -0.4 is 10.1 Å². The van der Waals surface area contributed by atoms with Crippen LogP contribution in [-0.2, 0) is 12.8 Å². The van der Waals surface area contributed by atoms with Gasteiger partial charge in [0, 0.05) is 6.04 Å². The van der Waals surface area contributed by atoms with Crippen molar-refractivity contribution in [2.45, 2.75) is 32.2 Å². The van der Waals surface area contributed by atoms with Gasteiger partial charge in [-0.1, -0.05) is 12.1 Å². The molecule has 0 heterocycles. The van der Waals surface area contributed by atoms with Crippen LogP contribution in [0, 0.1) is 0 Å². The Morgan fingerprint density at radius 1 is 1.10 bits per heavy atom. The molecule has 0 radical (unpaired) electrons. The number of aryl methyl sites for hydroxylation is 2. The SMILES string of the molecule is CNC(C)c1ccc(Oc2ccc3c(c2)CCC3)c(Br)c1. The van der Waals surface area contributed by atoms with Gasteiger partial charge in [0.25, 0.3) is 0 Å². The lowest BCUT2D eigenvalue weighted by Gasteiger charge is -2.14. The average Bonchev–Trinajstić information content (AvgIpc) is 2.96. The molecule has 0 aromatic heterocycles. The van der Waals surface area contributed by atoms with Crippen LogP contribution in [0.2, 0.25) is 0 Å². The van der Waals surface area contributed by atoms with Gasteiger partial charge in [0.1, 0.15) is 11.5 Å². The van der Waals surface area contributed by atoms with Gasteiger partial charge >= 0.3 is 0 Å². The molecular weight excluding hydrogens is 326 g/mol. The van der Waals surface area contributed by atoms with Crippen LogP contribution in [0.3, 0.4) is 0 Å². The summed E-state index contributed by atoms with van der Waals surface area (Å²) in [5.41, 5.74) is 4.15. The maximum absolute atomic E-state index is 6.04. The topological polar surface area (TPSA) is 21.3 Å². The molecule has 0 saturated heterocycles. The summed E-state index contributed by atoms with van der Waals surface area (Å²) in [7, 11) is 1.97. The molecule has 110 valence electrons. The molecule has 0 amide bonds. The van der Waals surface area contributed by atoms with Crippen molar-refractivity contribution < 1.29 is 4.74 Å².